The molecule has 1 spiro atoms. The molecule has 4 rings (SSSR count). The summed E-state index contributed by atoms with van der Waals surface area (Å²) in [7, 11) is 1.81. The van der Waals surface area contributed by atoms with E-state index < -0.39 is 4.75 Å². The van der Waals surface area contributed by atoms with E-state index in [1.165, 1.54) is 5.56 Å². The first-order valence-electron chi connectivity index (χ1n) is 8.40. The number of hydrogen-bond donors (Lipinski definition) is 1. The summed E-state index contributed by atoms with van der Waals surface area (Å²) in [5.74, 6) is 0.794. The van der Waals surface area contributed by atoms with Gasteiger partial charge in [0.2, 0.25) is 5.91 Å². The van der Waals surface area contributed by atoms with Crippen molar-refractivity contribution in [3.63, 3.8) is 0 Å². The molecular formula is C19H20N4OS. The Labute approximate surface area is 151 Å². The van der Waals surface area contributed by atoms with Gasteiger partial charge in [0.1, 0.15) is 10.6 Å². The molecule has 6 heteroatoms. The Balaban J connectivity index is 1.59. The van der Waals surface area contributed by atoms with Gasteiger partial charge in [0.25, 0.3) is 0 Å². The molecule has 0 bridgehead atoms. The molecule has 25 heavy (non-hydrogen) atoms. The Morgan fingerprint density at radius 3 is 2.80 bits per heavy atom. The molecule has 2 fully saturated rings. The molecule has 2 aromatic rings. The molecule has 1 aromatic heterocycles. The van der Waals surface area contributed by atoms with Gasteiger partial charge in [-0.25, -0.2) is 9.98 Å². The standard InChI is InChI=1S/C19H20N4OS/c1-3-12-4-6-14(7-5-12)22-18-23(2)17(24)19(25-18)11-15(19)13-8-9-21-16(20)10-13/h4-10,15H,3,11H2,1-2H3,(H2,20,21). The number of rotatable bonds is 3. The number of carbonyl (C=O) groups excluding carboxylic acids is 1. The number of benzene rings is 1. The van der Waals surface area contributed by atoms with E-state index in [4.69, 9.17) is 10.7 Å². The van der Waals surface area contributed by atoms with Crippen LogP contribution in [0.15, 0.2) is 47.6 Å². The fraction of sp³-hybridized carbons (Fsp3) is 0.316. The lowest BCUT2D eigenvalue weighted by molar-refractivity contribution is -0.126. The molecule has 2 heterocycles. The number of aromatic nitrogens is 1. The van der Waals surface area contributed by atoms with Gasteiger partial charge in [-0.15, -0.1) is 0 Å². The lowest BCUT2D eigenvalue weighted by Crippen LogP contribution is -2.29. The second-order valence-corrected chi connectivity index (χ2v) is 7.84. The van der Waals surface area contributed by atoms with E-state index in [1.54, 1.807) is 29.9 Å². The van der Waals surface area contributed by atoms with Crippen molar-refractivity contribution in [1.82, 2.24) is 9.88 Å². The third-order valence-corrected chi connectivity index (χ3v) is 6.45. The van der Waals surface area contributed by atoms with Gasteiger partial charge in [0.05, 0.1) is 5.69 Å². The van der Waals surface area contributed by atoms with Crippen LogP contribution in [-0.2, 0) is 11.2 Å². The average Bonchev–Trinajstić information content (AvgIpc) is 3.30. The predicted octanol–water partition coefficient (Wildman–Crippen LogP) is 3.35. The maximum absolute atomic E-state index is 12.8. The van der Waals surface area contributed by atoms with Gasteiger partial charge in [-0.2, -0.15) is 0 Å². The van der Waals surface area contributed by atoms with Crippen LogP contribution < -0.4 is 5.73 Å². The minimum atomic E-state index is -0.426. The smallest absolute Gasteiger partial charge is 0.245 e. The van der Waals surface area contributed by atoms with E-state index in [1.807, 2.05) is 24.3 Å². The molecule has 2 aliphatic rings. The molecule has 1 aromatic carbocycles. The summed E-state index contributed by atoms with van der Waals surface area (Å²) in [6.45, 7) is 2.13. The number of aryl methyl sites for hydroxylation is 1. The van der Waals surface area contributed by atoms with Crippen LogP contribution in [0, 0.1) is 0 Å². The monoisotopic (exact) mass is 352 g/mol. The lowest BCUT2D eigenvalue weighted by Gasteiger charge is -2.09. The second kappa shape index (κ2) is 5.88. The fourth-order valence-electron chi connectivity index (χ4n) is 3.32. The summed E-state index contributed by atoms with van der Waals surface area (Å²) in [5, 5.41) is 0.763. The minimum Gasteiger partial charge on any atom is -0.384 e. The van der Waals surface area contributed by atoms with Crippen molar-refractivity contribution in [2.75, 3.05) is 12.8 Å². The molecule has 5 nitrogen and oxygen atoms in total. The highest BCUT2D eigenvalue weighted by Crippen LogP contribution is 2.64. The first-order valence-corrected chi connectivity index (χ1v) is 9.21. The van der Waals surface area contributed by atoms with E-state index >= 15 is 0 Å². The van der Waals surface area contributed by atoms with Crippen molar-refractivity contribution in [2.24, 2.45) is 4.99 Å². The van der Waals surface area contributed by atoms with E-state index in [2.05, 4.69) is 24.0 Å². The zero-order valence-electron chi connectivity index (χ0n) is 14.3. The number of amides is 1. The van der Waals surface area contributed by atoms with E-state index in [9.17, 15) is 4.79 Å². The maximum Gasteiger partial charge on any atom is 0.245 e. The molecule has 1 aliphatic heterocycles. The highest BCUT2D eigenvalue weighted by molar-refractivity contribution is 8.16. The number of carbonyl (C=O) groups is 1. The van der Waals surface area contributed by atoms with Crippen molar-refractivity contribution in [2.45, 2.75) is 30.4 Å². The maximum atomic E-state index is 12.8. The Morgan fingerprint density at radius 2 is 2.12 bits per heavy atom. The van der Waals surface area contributed by atoms with Crippen molar-refractivity contribution in [3.8, 4) is 0 Å². The highest BCUT2D eigenvalue weighted by atomic mass is 32.2. The minimum absolute atomic E-state index is 0.127. The number of aliphatic imine (C=N–C) groups is 1. The number of nitrogens with two attached hydrogens (primary N) is 1. The summed E-state index contributed by atoms with van der Waals surface area (Å²) < 4.78 is -0.426. The first-order chi connectivity index (χ1) is 12.0. The predicted molar refractivity (Wildman–Crippen MR) is 102 cm³/mol. The van der Waals surface area contributed by atoms with Crippen molar-refractivity contribution < 1.29 is 4.79 Å². The Morgan fingerprint density at radius 1 is 1.36 bits per heavy atom. The van der Waals surface area contributed by atoms with E-state index in [-0.39, 0.29) is 11.8 Å². The molecule has 1 amide bonds. The van der Waals surface area contributed by atoms with Gasteiger partial charge in [-0.1, -0.05) is 30.8 Å². The van der Waals surface area contributed by atoms with Crippen LogP contribution in [0.3, 0.4) is 0 Å². The van der Waals surface area contributed by atoms with Gasteiger partial charge >= 0.3 is 0 Å². The van der Waals surface area contributed by atoms with Crippen molar-refractivity contribution in [1.29, 1.82) is 0 Å². The average molecular weight is 352 g/mol. The number of anilines is 1. The zero-order chi connectivity index (χ0) is 17.6. The molecule has 2 unspecified atom stereocenters. The van der Waals surface area contributed by atoms with Crippen molar-refractivity contribution in [3.05, 3.63) is 53.7 Å². The molecular weight excluding hydrogens is 332 g/mol. The van der Waals surface area contributed by atoms with Gasteiger partial charge < -0.3 is 5.73 Å². The number of amidine groups is 1. The van der Waals surface area contributed by atoms with Crippen LogP contribution in [0.4, 0.5) is 11.5 Å². The zero-order valence-corrected chi connectivity index (χ0v) is 15.1. The second-order valence-electron chi connectivity index (χ2n) is 6.54. The van der Waals surface area contributed by atoms with Crippen LogP contribution in [-0.4, -0.2) is 32.8 Å². The van der Waals surface area contributed by atoms with Crippen LogP contribution in [0.25, 0.3) is 0 Å². The van der Waals surface area contributed by atoms with Gasteiger partial charge in [-0.05, 0) is 48.2 Å². The molecule has 1 aliphatic carbocycles. The number of nitrogen functional groups attached to an aromatic ring is 1. The largest absolute Gasteiger partial charge is 0.384 e. The van der Waals surface area contributed by atoms with E-state index in [0.29, 0.717) is 5.82 Å². The van der Waals surface area contributed by atoms with Gasteiger partial charge in [-0.3, -0.25) is 9.69 Å². The molecule has 0 radical (unpaired) electrons. The number of thioether (sulfide) groups is 1. The number of nitrogens with zero attached hydrogens (tertiary/aromatic N) is 3. The highest BCUT2D eigenvalue weighted by Gasteiger charge is 2.67. The summed E-state index contributed by atoms with van der Waals surface area (Å²) in [4.78, 5) is 23.2. The Kier molecular flexibility index (Phi) is 3.80. The Bertz CT molecular complexity index is 864. The van der Waals surface area contributed by atoms with Gasteiger partial charge in [0, 0.05) is 19.2 Å². The van der Waals surface area contributed by atoms with Crippen molar-refractivity contribution >= 4 is 34.3 Å². The van der Waals surface area contributed by atoms with Crippen LogP contribution in [0.1, 0.15) is 30.4 Å². The Hall–Kier alpha value is -2.34. The normalized spacial score (nSPS) is 26.6. The quantitative estimate of drug-likeness (QED) is 0.919. The van der Waals surface area contributed by atoms with Crippen LogP contribution in [0.5, 0.6) is 0 Å². The third-order valence-electron chi connectivity index (χ3n) is 4.91. The molecule has 1 saturated carbocycles. The van der Waals surface area contributed by atoms with Gasteiger partial charge in [0.15, 0.2) is 5.17 Å². The topological polar surface area (TPSA) is 71.6 Å². The number of pyridine rings is 1. The first kappa shape index (κ1) is 16.1. The van der Waals surface area contributed by atoms with E-state index in [0.717, 1.165) is 29.3 Å². The molecule has 2 N–H and O–H groups in total. The molecule has 2 atom stereocenters. The summed E-state index contributed by atoms with van der Waals surface area (Å²) >= 11 is 1.57. The summed E-state index contributed by atoms with van der Waals surface area (Å²) in [6.07, 6.45) is 3.52. The molecule has 1 saturated heterocycles. The van der Waals surface area contributed by atoms with Crippen LogP contribution in [0.2, 0.25) is 0 Å². The SMILES string of the molecule is CCc1ccc(N=C2SC3(CC3c3ccnc(N)c3)C(=O)N2C)cc1. The number of hydrogen-bond acceptors (Lipinski definition) is 5. The third kappa shape index (κ3) is 2.70. The van der Waals surface area contributed by atoms with Crippen LogP contribution >= 0.6 is 11.8 Å². The molecule has 128 valence electrons. The summed E-state index contributed by atoms with van der Waals surface area (Å²) in [6, 6.07) is 12.0. The summed E-state index contributed by atoms with van der Waals surface area (Å²) in [5.41, 5.74) is 9.02. The fourth-order valence-corrected chi connectivity index (χ4v) is 4.77. The lowest BCUT2D eigenvalue weighted by atomic mass is 10.1.